The van der Waals surface area contributed by atoms with E-state index < -0.39 is 26.5 Å². The summed E-state index contributed by atoms with van der Waals surface area (Å²) in [6.07, 6.45) is 7.13. The highest BCUT2D eigenvalue weighted by atomic mass is 32.2. The molecule has 4 aliphatic heterocycles. The highest BCUT2D eigenvalue weighted by molar-refractivity contribution is 7.91. The molecule has 4 saturated heterocycles. The van der Waals surface area contributed by atoms with Gasteiger partial charge < -0.3 is 32.5 Å². The van der Waals surface area contributed by atoms with E-state index in [4.69, 9.17) is 32.5 Å². The number of sulfone groups is 1. The highest BCUT2D eigenvalue weighted by Crippen LogP contribution is 2.43. The van der Waals surface area contributed by atoms with Crippen molar-refractivity contribution in [3.63, 3.8) is 0 Å². The number of hydrogen-bond donors (Lipinski definition) is 0. The fourth-order valence-electron chi connectivity index (χ4n) is 8.66. The summed E-state index contributed by atoms with van der Waals surface area (Å²) in [5.41, 5.74) is 3.34. The first-order valence-electron chi connectivity index (χ1n) is 23.1. The normalized spacial score (nSPS) is 29.5. The molecule has 4 aliphatic rings. The Morgan fingerprint density at radius 1 is 0.800 bits per heavy atom. The number of rotatable bonds is 19. The molecule has 0 bridgehead atoms. The van der Waals surface area contributed by atoms with Crippen molar-refractivity contribution in [2.24, 2.45) is 11.8 Å². The fourth-order valence-corrected chi connectivity index (χ4v) is 12.7. The Kier molecular flexibility index (Phi) is 16.9. The molecule has 1 aromatic carbocycles. The minimum absolute atomic E-state index is 0.0184. The zero-order valence-electron chi connectivity index (χ0n) is 39.5. The molecular formula is C48H82O9SSi2. The van der Waals surface area contributed by atoms with Crippen LogP contribution in [-0.4, -0.2) is 99.6 Å². The summed E-state index contributed by atoms with van der Waals surface area (Å²) in [6, 6.07) is 7.38. The molecule has 0 spiro atoms. The van der Waals surface area contributed by atoms with Crippen molar-refractivity contribution in [3.8, 4) is 0 Å². The van der Waals surface area contributed by atoms with E-state index in [1.54, 1.807) is 12.1 Å². The van der Waals surface area contributed by atoms with Gasteiger partial charge in [-0.05, 0) is 116 Å². The van der Waals surface area contributed by atoms with Gasteiger partial charge >= 0.3 is 0 Å². The monoisotopic (exact) mass is 891 g/mol. The van der Waals surface area contributed by atoms with Crippen LogP contribution >= 0.6 is 0 Å². The molecule has 4 heterocycles. The molecule has 5 rings (SSSR count). The van der Waals surface area contributed by atoms with Crippen LogP contribution in [-0.2, 0) is 48.8 Å². The molecule has 4 fully saturated rings. The van der Waals surface area contributed by atoms with E-state index in [9.17, 15) is 8.42 Å². The van der Waals surface area contributed by atoms with Crippen molar-refractivity contribution >= 4 is 26.5 Å². The van der Waals surface area contributed by atoms with Gasteiger partial charge in [0.2, 0.25) is 0 Å². The second-order valence-corrected chi connectivity index (χ2v) is 33.1. The van der Waals surface area contributed by atoms with Crippen LogP contribution in [0, 0.1) is 11.8 Å². The van der Waals surface area contributed by atoms with Crippen molar-refractivity contribution in [3.05, 3.63) is 54.1 Å². The van der Waals surface area contributed by atoms with Gasteiger partial charge in [-0.2, -0.15) is 0 Å². The van der Waals surface area contributed by atoms with Gasteiger partial charge in [-0.15, -0.1) is 0 Å². The molecule has 9 atom stereocenters. The summed E-state index contributed by atoms with van der Waals surface area (Å²) >= 11 is 0. The third-order valence-corrected chi connectivity index (χ3v) is 25.6. The third kappa shape index (κ3) is 13.2. The summed E-state index contributed by atoms with van der Waals surface area (Å²) in [4.78, 5) is 0.369. The second-order valence-electron chi connectivity index (χ2n) is 21.5. The number of ether oxygens (including phenoxy) is 5. The van der Waals surface area contributed by atoms with Crippen LogP contribution in [0.15, 0.2) is 53.5 Å². The Balaban J connectivity index is 1.30. The van der Waals surface area contributed by atoms with Crippen LogP contribution in [0.25, 0.3) is 0 Å². The smallest absolute Gasteiger partial charge is 0.192 e. The fraction of sp³-hybridized carbons (Fsp3) is 0.792. The summed E-state index contributed by atoms with van der Waals surface area (Å²) in [5, 5.41) is 0.0896. The van der Waals surface area contributed by atoms with Crippen LogP contribution in [0.2, 0.25) is 36.3 Å². The number of hydrogen-bond acceptors (Lipinski definition) is 9. The molecule has 0 N–H and O–H groups in total. The lowest BCUT2D eigenvalue weighted by Gasteiger charge is -2.42. The summed E-state index contributed by atoms with van der Waals surface area (Å²) in [7, 11) is -7.82. The largest absolute Gasteiger partial charge is 0.414 e. The van der Waals surface area contributed by atoms with Crippen molar-refractivity contribution < 1.29 is 41.0 Å². The average Bonchev–Trinajstić information content (AvgIpc) is 3.90. The second kappa shape index (κ2) is 20.3. The zero-order chi connectivity index (χ0) is 44.3. The molecule has 0 saturated carbocycles. The highest BCUT2D eigenvalue weighted by Gasteiger charge is 2.46. The standard InChI is InChI=1S/C48H82O9SSi2/c1-15-36-16-20-42(21-17-36)58(49,50)32-37-28-40(29-41(57-60(13,14)48(8,9)10)31-53-59(11,12)47(5,6)7)56-45(37)30-44-35(4)33(2)26-38(55-44)18-22-43-34(3)27-39(54-43)19-23-46-51-24-25-52-46/h16-17,20-21,33,37-41,43-46H,3-4,15,18-19,22-32H2,1-2,5-14H3/t33-,37-,38-,39-,40-,41-,43-,44+,45-/m0/s1. The Morgan fingerprint density at radius 3 is 2.03 bits per heavy atom. The van der Waals surface area contributed by atoms with Crippen LogP contribution in [0.1, 0.15) is 119 Å². The number of benzene rings is 1. The SMILES string of the molecule is C=C1C[C@H](CCC2OCCO2)O[C@H]1CC[C@H]1C[C@H](C)C(=C)[C@@H](C[C@@H]2O[C@H](C[C@@H](CO[Si](C)(C)C(C)(C)C)O[Si](C)(C)C(C)(C)C)C[C@H]2CS(=O)(=O)c2ccc(CC)cc2)O1. The minimum atomic E-state index is -3.58. The molecule has 0 radical (unpaired) electrons. The average molecular weight is 891 g/mol. The van der Waals surface area contributed by atoms with Crippen LogP contribution in [0.3, 0.4) is 0 Å². The maximum Gasteiger partial charge on any atom is 0.192 e. The first kappa shape index (κ1) is 49.8. The van der Waals surface area contributed by atoms with E-state index in [2.05, 4.69) is 94.7 Å². The van der Waals surface area contributed by atoms with E-state index in [1.807, 2.05) is 12.1 Å². The third-order valence-electron chi connectivity index (χ3n) is 14.7. The van der Waals surface area contributed by atoms with Gasteiger partial charge in [0.15, 0.2) is 32.8 Å². The van der Waals surface area contributed by atoms with E-state index >= 15 is 0 Å². The van der Waals surface area contributed by atoms with Crippen molar-refractivity contribution in [2.75, 3.05) is 25.6 Å². The molecule has 0 unspecified atom stereocenters. The predicted octanol–water partition coefficient (Wildman–Crippen LogP) is 11.0. The topological polar surface area (TPSA) is 98.8 Å². The van der Waals surface area contributed by atoms with Gasteiger partial charge in [-0.25, -0.2) is 8.42 Å². The summed E-state index contributed by atoms with van der Waals surface area (Å²) < 4.78 is 73.9. The first-order chi connectivity index (χ1) is 27.9. The molecule has 9 nitrogen and oxygen atoms in total. The summed E-state index contributed by atoms with van der Waals surface area (Å²) in [6.45, 7) is 37.8. The number of aryl methyl sites for hydroxylation is 1. The van der Waals surface area contributed by atoms with E-state index in [-0.39, 0.29) is 76.7 Å². The van der Waals surface area contributed by atoms with Gasteiger partial charge in [-0.3, -0.25) is 0 Å². The van der Waals surface area contributed by atoms with Crippen molar-refractivity contribution in [1.29, 1.82) is 0 Å². The van der Waals surface area contributed by atoms with Crippen molar-refractivity contribution in [1.82, 2.24) is 0 Å². The van der Waals surface area contributed by atoms with Gasteiger partial charge in [0, 0.05) is 25.2 Å². The molecule has 0 amide bonds. The maximum atomic E-state index is 14.1. The van der Waals surface area contributed by atoms with Gasteiger partial charge in [0.05, 0.1) is 73.2 Å². The maximum absolute atomic E-state index is 14.1. The van der Waals surface area contributed by atoms with Crippen LogP contribution < -0.4 is 0 Å². The molecule has 0 aliphatic carbocycles. The molecule has 0 aromatic heterocycles. The lowest BCUT2D eigenvalue weighted by atomic mass is 9.83. The Labute approximate surface area is 367 Å². The van der Waals surface area contributed by atoms with Gasteiger partial charge in [0.1, 0.15) is 0 Å². The van der Waals surface area contributed by atoms with Crippen LogP contribution in [0.4, 0.5) is 0 Å². The molecule has 1 aromatic rings. The summed E-state index contributed by atoms with van der Waals surface area (Å²) in [5.74, 6) is 0.0831. The van der Waals surface area contributed by atoms with E-state index in [1.165, 1.54) is 0 Å². The molecule has 12 heteroatoms. The van der Waals surface area contributed by atoms with Gasteiger partial charge in [0.25, 0.3) is 0 Å². The molecule has 60 heavy (non-hydrogen) atoms. The molecular weight excluding hydrogens is 809 g/mol. The quantitative estimate of drug-likeness (QED) is 0.0993. The Hall–Kier alpha value is -1.20. The minimum Gasteiger partial charge on any atom is -0.414 e. The van der Waals surface area contributed by atoms with E-state index in [0.29, 0.717) is 44.0 Å². The zero-order valence-corrected chi connectivity index (χ0v) is 42.3. The van der Waals surface area contributed by atoms with Crippen molar-refractivity contribution in [2.45, 2.75) is 210 Å². The Bertz CT molecular complexity index is 1680. The van der Waals surface area contributed by atoms with Gasteiger partial charge in [-0.1, -0.05) is 80.7 Å². The predicted molar refractivity (Wildman–Crippen MR) is 247 cm³/mol. The van der Waals surface area contributed by atoms with E-state index in [0.717, 1.165) is 61.7 Å². The van der Waals surface area contributed by atoms with Crippen LogP contribution in [0.5, 0.6) is 0 Å². The molecule has 342 valence electrons. The first-order valence-corrected chi connectivity index (χ1v) is 30.5. The lowest BCUT2D eigenvalue weighted by molar-refractivity contribution is -0.0766. The lowest BCUT2D eigenvalue weighted by Crippen LogP contribution is -2.48. The Morgan fingerprint density at radius 2 is 1.42 bits per heavy atom.